The van der Waals surface area contributed by atoms with Crippen LogP contribution in [0.2, 0.25) is 0 Å². The van der Waals surface area contributed by atoms with E-state index in [4.69, 9.17) is 14.2 Å². The van der Waals surface area contributed by atoms with Crippen molar-refractivity contribution in [2.24, 2.45) is 0 Å². The summed E-state index contributed by atoms with van der Waals surface area (Å²) < 4.78 is 15.2. The van der Waals surface area contributed by atoms with Gasteiger partial charge in [0.05, 0.1) is 6.61 Å². The molecule has 1 saturated heterocycles. The smallest absolute Gasteiger partial charge is 0.348 e. The zero-order chi connectivity index (χ0) is 12.7. The van der Waals surface area contributed by atoms with Crippen LogP contribution in [-0.2, 0) is 23.8 Å². The number of hydrogen-bond acceptors (Lipinski definition) is 6. The first kappa shape index (κ1) is 14.1. The van der Waals surface area contributed by atoms with Gasteiger partial charge in [0.25, 0.3) is 0 Å². The maximum atomic E-state index is 11.6. The van der Waals surface area contributed by atoms with E-state index in [1.165, 1.54) is 18.7 Å². The summed E-state index contributed by atoms with van der Waals surface area (Å²) in [6.45, 7) is 5.77. The van der Waals surface area contributed by atoms with Crippen molar-refractivity contribution in [3.05, 3.63) is 12.7 Å². The van der Waals surface area contributed by atoms with Crippen molar-refractivity contribution in [2.45, 2.75) is 24.9 Å². The minimum atomic E-state index is -0.927. The number of hydrogen-bond donors (Lipinski definition) is 0. The summed E-state index contributed by atoms with van der Waals surface area (Å²) in [7, 11) is 0. The Morgan fingerprint density at radius 3 is 3.06 bits per heavy atom. The van der Waals surface area contributed by atoms with Crippen molar-refractivity contribution >= 4 is 23.7 Å². The fourth-order valence-corrected chi connectivity index (χ4v) is 2.07. The van der Waals surface area contributed by atoms with Gasteiger partial charge in [0.2, 0.25) is 0 Å². The number of rotatable bonds is 4. The first-order valence-electron chi connectivity index (χ1n) is 5.36. The van der Waals surface area contributed by atoms with E-state index >= 15 is 0 Å². The van der Waals surface area contributed by atoms with E-state index in [1.54, 1.807) is 0 Å². The molecule has 0 spiro atoms. The van der Waals surface area contributed by atoms with Gasteiger partial charge in [0.1, 0.15) is 0 Å². The number of ether oxygens (including phenoxy) is 3. The first-order valence-corrected chi connectivity index (χ1v) is 6.41. The molecule has 0 aromatic carbocycles. The topological polar surface area (TPSA) is 61.8 Å². The van der Waals surface area contributed by atoms with Crippen molar-refractivity contribution in [3.63, 3.8) is 0 Å². The summed E-state index contributed by atoms with van der Waals surface area (Å²) in [5, 5.41) is 0. The number of carbonyl (C=O) groups excluding carboxylic acids is 2. The van der Waals surface area contributed by atoms with Crippen LogP contribution in [-0.4, -0.2) is 42.4 Å². The van der Waals surface area contributed by atoms with Crippen molar-refractivity contribution in [1.82, 2.24) is 0 Å². The molecule has 96 valence electrons. The van der Waals surface area contributed by atoms with E-state index in [1.807, 2.05) is 0 Å². The van der Waals surface area contributed by atoms with Crippen molar-refractivity contribution in [1.29, 1.82) is 0 Å². The van der Waals surface area contributed by atoms with Crippen molar-refractivity contribution < 1.29 is 23.8 Å². The van der Waals surface area contributed by atoms with E-state index in [-0.39, 0.29) is 5.44 Å². The van der Waals surface area contributed by atoms with Crippen molar-refractivity contribution in [2.75, 3.05) is 19.0 Å². The normalized spacial score (nSPS) is 22.1. The summed E-state index contributed by atoms with van der Waals surface area (Å²) in [6, 6.07) is 0. The second-order valence-corrected chi connectivity index (χ2v) is 4.72. The summed E-state index contributed by atoms with van der Waals surface area (Å²) in [5.74, 6) is -0.318. The maximum Gasteiger partial charge on any atom is 0.348 e. The van der Waals surface area contributed by atoms with Gasteiger partial charge in [0, 0.05) is 12.7 Å². The molecule has 2 atom stereocenters. The highest BCUT2D eigenvalue weighted by molar-refractivity contribution is 7.99. The number of esters is 2. The van der Waals surface area contributed by atoms with E-state index in [0.29, 0.717) is 13.2 Å². The molecule has 0 aromatic heterocycles. The molecule has 17 heavy (non-hydrogen) atoms. The van der Waals surface area contributed by atoms with E-state index < -0.39 is 18.0 Å². The molecule has 0 aliphatic carbocycles. The SMILES string of the molecule is C=CC(=O)OC(C)C(=O)OC1COCCCS1. The molecular formula is C11H16O5S. The third-order valence-corrected chi connectivity index (χ3v) is 3.16. The summed E-state index contributed by atoms with van der Waals surface area (Å²) in [5.41, 5.74) is -0.324. The van der Waals surface area contributed by atoms with Gasteiger partial charge in [-0.3, -0.25) is 0 Å². The fraction of sp³-hybridized carbons (Fsp3) is 0.636. The standard InChI is InChI=1S/C11H16O5S/c1-3-9(12)15-8(2)11(13)16-10-7-14-5-4-6-17-10/h3,8,10H,1,4-7H2,2H3. The average molecular weight is 260 g/mol. The molecule has 0 bridgehead atoms. The second kappa shape index (κ2) is 7.34. The predicted molar refractivity (Wildman–Crippen MR) is 63.5 cm³/mol. The van der Waals surface area contributed by atoms with Crippen LogP contribution >= 0.6 is 11.8 Å². The summed E-state index contributed by atoms with van der Waals surface area (Å²) in [6.07, 6.45) is 1.02. The Morgan fingerprint density at radius 2 is 2.35 bits per heavy atom. The quantitative estimate of drug-likeness (QED) is 0.558. The van der Waals surface area contributed by atoms with Gasteiger partial charge in [-0.05, 0) is 19.1 Å². The average Bonchev–Trinajstić information content (AvgIpc) is 2.57. The van der Waals surface area contributed by atoms with Crippen molar-refractivity contribution in [3.8, 4) is 0 Å². The molecule has 0 N–H and O–H groups in total. The molecular weight excluding hydrogens is 244 g/mol. The molecule has 2 unspecified atom stereocenters. The van der Waals surface area contributed by atoms with Gasteiger partial charge in [-0.2, -0.15) is 0 Å². The molecule has 6 heteroatoms. The maximum absolute atomic E-state index is 11.6. The van der Waals surface area contributed by atoms with Crippen LogP contribution in [0.1, 0.15) is 13.3 Å². The summed E-state index contributed by atoms with van der Waals surface area (Å²) >= 11 is 1.53. The van der Waals surface area contributed by atoms with Crippen LogP contribution in [0.15, 0.2) is 12.7 Å². The van der Waals surface area contributed by atoms with Gasteiger partial charge in [-0.1, -0.05) is 6.58 Å². The number of thioether (sulfide) groups is 1. The van der Waals surface area contributed by atoms with Crippen LogP contribution in [0.5, 0.6) is 0 Å². The van der Waals surface area contributed by atoms with Crippen LogP contribution in [0, 0.1) is 0 Å². The second-order valence-electron chi connectivity index (χ2n) is 3.45. The largest absolute Gasteiger partial charge is 0.447 e. The molecule has 5 nitrogen and oxygen atoms in total. The molecule has 0 saturated carbocycles. The highest BCUT2D eigenvalue weighted by Gasteiger charge is 2.23. The zero-order valence-corrected chi connectivity index (χ0v) is 10.5. The Balaban J connectivity index is 2.36. The lowest BCUT2D eigenvalue weighted by Crippen LogP contribution is -2.30. The fourth-order valence-electron chi connectivity index (χ4n) is 1.17. The van der Waals surface area contributed by atoms with Gasteiger partial charge >= 0.3 is 11.9 Å². The molecule has 1 rings (SSSR count). The van der Waals surface area contributed by atoms with E-state index in [2.05, 4.69) is 6.58 Å². The highest BCUT2D eigenvalue weighted by atomic mass is 32.2. The Hall–Kier alpha value is -1.01. The van der Waals surface area contributed by atoms with Crippen LogP contribution in [0.4, 0.5) is 0 Å². The molecule has 1 aliphatic heterocycles. The molecule has 0 amide bonds. The molecule has 0 aromatic rings. The number of carbonyl (C=O) groups is 2. The van der Waals surface area contributed by atoms with Gasteiger partial charge < -0.3 is 14.2 Å². The highest BCUT2D eigenvalue weighted by Crippen LogP contribution is 2.18. The Morgan fingerprint density at radius 1 is 1.59 bits per heavy atom. The lowest BCUT2D eigenvalue weighted by Gasteiger charge is -2.17. The monoisotopic (exact) mass is 260 g/mol. The van der Waals surface area contributed by atoms with Crippen LogP contribution in [0.3, 0.4) is 0 Å². The molecule has 1 aliphatic rings. The predicted octanol–water partition coefficient (Wildman–Crippen LogP) is 1.13. The third-order valence-electron chi connectivity index (χ3n) is 2.03. The Kier molecular flexibility index (Phi) is 6.07. The van der Waals surface area contributed by atoms with Crippen LogP contribution < -0.4 is 0 Å². The molecule has 1 heterocycles. The summed E-state index contributed by atoms with van der Waals surface area (Å²) in [4.78, 5) is 22.5. The Labute approximate surface area is 104 Å². The minimum Gasteiger partial charge on any atom is -0.447 e. The minimum absolute atomic E-state index is 0.324. The first-order chi connectivity index (χ1) is 8.13. The molecule has 1 fully saturated rings. The van der Waals surface area contributed by atoms with Gasteiger partial charge in [-0.15, -0.1) is 11.8 Å². The molecule has 0 radical (unpaired) electrons. The van der Waals surface area contributed by atoms with E-state index in [9.17, 15) is 9.59 Å². The lowest BCUT2D eigenvalue weighted by molar-refractivity contribution is -0.166. The van der Waals surface area contributed by atoms with E-state index in [0.717, 1.165) is 18.2 Å². The lowest BCUT2D eigenvalue weighted by atomic mass is 10.4. The zero-order valence-electron chi connectivity index (χ0n) is 9.72. The Bertz CT molecular complexity index is 284. The van der Waals surface area contributed by atoms with Gasteiger partial charge in [-0.25, -0.2) is 9.59 Å². The third kappa shape index (κ3) is 5.23. The van der Waals surface area contributed by atoms with Gasteiger partial charge in [0.15, 0.2) is 11.5 Å². The van der Waals surface area contributed by atoms with Crippen LogP contribution in [0.25, 0.3) is 0 Å².